The Morgan fingerprint density at radius 1 is 1.19 bits per heavy atom. The summed E-state index contributed by atoms with van der Waals surface area (Å²) in [7, 11) is 0. The maximum absolute atomic E-state index is 13.3. The number of carbonyl (C=O) groups is 1. The van der Waals surface area contributed by atoms with Gasteiger partial charge in [0, 0.05) is 50.6 Å². The highest BCUT2D eigenvalue weighted by Gasteiger charge is 2.24. The molecule has 6 heteroatoms. The average Bonchev–Trinajstić information content (AvgIpc) is 3.23. The van der Waals surface area contributed by atoms with Gasteiger partial charge in [0.1, 0.15) is 5.52 Å². The molecule has 1 atom stereocenters. The third kappa shape index (κ3) is 3.83. The summed E-state index contributed by atoms with van der Waals surface area (Å²) in [4.78, 5) is 21.9. The molecule has 0 bridgehead atoms. The van der Waals surface area contributed by atoms with Crippen molar-refractivity contribution >= 4 is 22.6 Å². The molecule has 1 aromatic carbocycles. The Hall–Kier alpha value is -3.12. The van der Waals surface area contributed by atoms with Crippen molar-refractivity contribution < 1.29 is 9.21 Å². The minimum absolute atomic E-state index is 0.0169. The van der Waals surface area contributed by atoms with Gasteiger partial charge in [0.05, 0.1) is 5.70 Å². The van der Waals surface area contributed by atoms with Crippen LogP contribution in [0.25, 0.3) is 16.7 Å². The van der Waals surface area contributed by atoms with E-state index in [0.717, 1.165) is 78.5 Å². The van der Waals surface area contributed by atoms with Crippen molar-refractivity contribution in [3.63, 3.8) is 0 Å². The van der Waals surface area contributed by atoms with Gasteiger partial charge in [-0.1, -0.05) is 26.0 Å². The van der Waals surface area contributed by atoms with E-state index in [1.54, 1.807) is 11.0 Å². The lowest BCUT2D eigenvalue weighted by Gasteiger charge is -2.34. The van der Waals surface area contributed by atoms with Crippen LogP contribution in [0.3, 0.4) is 0 Å². The second-order valence-electron chi connectivity index (χ2n) is 8.34. The highest BCUT2D eigenvalue weighted by Crippen LogP contribution is 2.33. The summed E-state index contributed by atoms with van der Waals surface area (Å²) in [6.07, 6.45) is 11.8. The second kappa shape index (κ2) is 8.19. The van der Waals surface area contributed by atoms with Gasteiger partial charge in [0.2, 0.25) is 0 Å². The fraction of sp³-hybridized carbons (Fsp3) is 0.360. The van der Waals surface area contributed by atoms with E-state index in [1.807, 2.05) is 31.3 Å². The van der Waals surface area contributed by atoms with Crippen LogP contribution in [0.2, 0.25) is 0 Å². The van der Waals surface area contributed by atoms with Crippen LogP contribution in [-0.4, -0.2) is 46.9 Å². The van der Waals surface area contributed by atoms with E-state index in [-0.39, 0.29) is 11.8 Å². The minimum atomic E-state index is -0.0169. The lowest BCUT2D eigenvalue weighted by atomic mass is 9.89. The predicted octanol–water partition coefficient (Wildman–Crippen LogP) is 3.84. The Bertz CT molecular complexity index is 1130. The Labute approximate surface area is 182 Å². The van der Waals surface area contributed by atoms with Crippen molar-refractivity contribution in [1.82, 2.24) is 20.1 Å². The van der Waals surface area contributed by atoms with E-state index < -0.39 is 0 Å². The molecule has 160 valence electrons. The van der Waals surface area contributed by atoms with Gasteiger partial charge in [-0.3, -0.25) is 9.69 Å². The van der Waals surface area contributed by atoms with Crippen LogP contribution in [-0.2, 0) is 11.2 Å². The third-order valence-corrected chi connectivity index (χ3v) is 6.24. The molecule has 3 aliphatic heterocycles. The summed E-state index contributed by atoms with van der Waals surface area (Å²) in [6, 6.07) is 6.04. The molecule has 1 N–H and O–H groups in total. The van der Waals surface area contributed by atoms with E-state index in [9.17, 15) is 4.79 Å². The normalized spacial score (nSPS) is 21.9. The zero-order valence-corrected chi connectivity index (χ0v) is 18.1. The first-order valence-corrected chi connectivity index (χ1v) is 11.1. The number of fused-ring (bicyclic) bond motifs is 2. The summed E-state index contributed by atoms with van der Waals surface area (Å²) in [5.41, 5.74) is 5.72. The number of rotatable bonds is 3. The molecule has 1 amide bonds. The smallest absolute Gasteiger partial charge is 0.255 e. The monoisotopic (exact) mass is 416 g/mol. The van der Waals surface area contributed by atoms with E-state index in [2.05, 4.69) is 40.4 Å². The fourth-order valence-corrected chi connectivity index (χ4v) is 4.41. The second-order valence-corrected chi connectivity index (χ2v) is 8.34. The Kier molecular flexibility index (Phi) is 5.24. The average molecular weight is 417 g/mol. The van der Waals surface area contributed by atoms with Gasteiger partial charge in [0.15, 0.2) is 11.5 Å². The highest BCUT2D eigenvalue weighted by atomic mass is 16.3. The molecule has 0 radical (unpaired) electrons. The van der Waals surface area contributed by atoms with Crippen LogP contribution in [0.15, 0.2) is 64.5 Å². The predicted molar refractivity (Wildman–Crippen MR) is 122 cm³/mol. The molecule has 6 nitrogen and oxygen atoms in total. The molecule has 3 aliphatic rings. The van der Waals surface area contributed by atoms with Gasteiger partial charge in [-0.05, 0) is 47.8 Å². The van der Waals surface area contributed by atoms with Crippen molar-refractivity contribution in [2.45, 2.75) is 26.7 Å². The van der Waals surface area contributed by atoms with Gasteiger partial charge < -0.3 is 14.6 Å². The van der Waals surface area contributed by atoms with Crippen LogP contribution in [0.5, 0.6) is 0 Å². The van der Waals surface area contributed by atoms with Crippen molar-refractivity contribution in [2.24, 2.45) is 5.92 Å². The Morgan fingerprint density at radius 3 is 2.81 bits per heavy atom. The van der Waals surface area contributed by atoms with Gasteiger partial charge in [-0.2, -0.15) is 0 Å². The number of allylic oxidation sites excluding steroid dienone is 4. The largest absolute Gasteiger partial charge is 0.441 e. The quantitative estimate of drug-likeness (QED) is 0.824. The number of hydrogen-bond acceptors (Lipinski definition) is 5. The summed E-state index contributed by atoms with van der Waals surface area (Å²) >= 11 is 0. The van der Waals surface area contributed by atoms with Gasteiger partial charge in [-0.15, -0.1) is 0 Å². The zero-order valence-electron chi connectivity index (χ0n) is 18.1. The molecule has 0 spiro atoms. The van der Waals surface area contributed by atoms with Gasteiger partial charge >= 0.3 is 0 Å². The summed E-state index contributed by atoms with van der Waals surface area (Å²) in [6.45, 7) is 8.03. The van der Waals surface area contributed by atoms with Crippen LogP contribution in [0.4, 0.5) is 0 Å². The van der Waals surface area contributed by atoms with E-state index in [4.69, 9.17) is 4.42 Å². The van der Waals surface area contributed by atoms with Gasteiger partial charge in [-0.25, -0.2) is 4.98 Å². The maximum atomic E-state index is 13.3. The maximum Gasteiger partial charge on any atom is 0.255 e. The van der Waals surface area contributed by atoms with Crippen LogP contribution in [0, 0.1) is 5.92 Å². The standard InChI is InChI=1S/C25H28N4O2/c1-3-24-27-22-9-5-18(14-23(22)31-24)21-15-25(30)29-16-20(28-12-10-26-11-13-28)8-7-19(29)6-4-17(21)2/h5-9,14-17,26H,3-4,10-13H2,1-2H3. The molecule has 2 aromatic rings. The number of nitrogens with zero attached hydrogens (tertiary/aromatic N) is 3. The molecule has 0 aliphatic carbocycles. The molecular weight excluding hydrogens is 388 g/mol. The molecule has 1 fully saturated rings. The number of carbonyl (C=O) groups excluding carboxylic acids is 1. The topological polar surface area (TPSA) is 61.6 Å². The van der Waals surface area contributed by atoms with E-state index in [0.29, 0.717) is 0 Å². The summed E-state index contributed by atoms with van der Waals surface area (Å²) in [5.74, 6) is 0.939. The fourth-order valence-electron chi connectivity index (χ4n) is 4.41. The molecule has 0 saturated carbocycles. The van der Waals surface area contributed by atoms with Crippen molar-refractivity contribution in [2.75, 3.05) is 26.2 Å². The summed E-state index contributed by atoms with van der Waals surface area (Å²) < 4.78 is 5.86. The van der Waals surface area contributed by atoms with Crippen LogP contribution in [0.1, 0.15) is 31.7 Å². The lowest BCUT2D eigenvalue weighted by Crippen LogP contribution is -2.43. The third-order valence-electron chi connectivity index (χ3n) is 6.24. The van der Waals surface area contributed by atoms with Crippen LogP contribution < -0.4 is 5.32 Å². The molecule has 31 heavy (non-hydrogen) atoms. The van der Waals surface area contributed by atoms with E-state index in [1.165, 1.54) is 0 Å². The van der Waals surface area contributed by atoms with Crippen molar-refractivity contribution in [1.29, 1.82) is 0 Å². The highest BCUT2D eigenvalue weighted by molar-refractivity contribution is 5.98. The number of aryl methyl sites for hydroxylation is 1. The minimum Gasteiger partial charge on any atom is -0.441 e. The van der Waals surface area contributed by atoms with Crippen molar-refractivity contribution in [3.05, 3.63) is 71.6 Å². The molecule has 1 unspecified atom stereocenters. The summed E-state index contributed by atoms with van der Waals surface area (Å²) in [5, 5.41) is 3.38. The molecule has 1 saturated heterocycles. The number of aromatic nitrogens is 1. The van der Waals surface area contributed by atoms with Crippen LogP contribution >= 0.6 is 0 Å². The number of piperazine rings is 1. The number of hydrogen-bond donors (Lipinski definition) is 1. The number of benzene rings is 1. The lowest BCUT2D eigenvalue weighted by molar-refractivity contribution is -0.122. The molecule has 1 aromatic heterocycles. The number of amides is 1. The van der Waals surface area contributed by atoms with Crippen molar-refractivity contribution in [3.8, 4) is 0 Å². The molecule has 5 rings (SSSR count). The van der Waals surface area contributed by atoms with E-state index >= 15 is 0 Å². The number of nitrogens with one attached hydrogen (secondary N) is 1. The zero-order chi connectivity index (χ0) is 21.4. The molecular formula is C25H28N4O2. The first-order valence-electron chi connectivity index (χ1n) is 11.1. The first kappa shape index (κ1) is 19.8. The SMILES string of the molecule is CCc1nc2ccc(C3=CC(=O)N4C=C(N5CCNCC5)C=CC4=CCC3C)cc2o1. The Morgan fingerprint density at radius 2 is 2.00 bits per heavy atom. The number of oxazole rings is 1. The Balaban J connectivity index is 1.48. The molecule has 4 heterocycles. The van der Waals surface area contributed by atoms with Gasteiger partial charge in [0.25, 0.3) is 5.91 Å². The first-order chi connectivity index (χ1) is 15.1.